The molecular weight excluding hydrogens is 490 g/mol. The molecule has 1 aliphatic heterocycles. The summed E-state index contributed by atoms with van der Waals surface area (Å²) in [7, 11) is 0. The van der Waals surface area contributed by atoms with Gasteiger partial charge in [0.1, 0.15) is 6.04 Å². The van der Waals surface area contributed by atoms with Crippen LogP contribution in [0.15, 0.2) is 84.9 Å². The van der Waals surface area contributed by atoms with Crippen molar-refractivity contribution in [2.45, 2.75) is 64.1 Å². The average molecular weight is 528 g/mol. The quantitative estimate of drug-likeness (QED) is 0.442. The van der Waals surface area contributed by atoms with E-state index in [2.05, 4.69) is 0 Å². The van der Waals surface area contributed by atoms with Crippen molar-refractivity contribution in [2.24, 2.45) is 5.73 Å². The zero-order valence-electron chi connectivity index (χ0n) is 23.0. The molecule has 1 aliphatic rings. The molecule has 4 amide bonds. The van der Waals surface area contributed by atoms with Gasteiger partial charge in [0.15, 0.2) is 0 Å². The van der Waals surface area contributed by atoms with Gasteiger partial charge in [0.25, 0.3) is 5.91 Å². The lowest BCUT2D eigenvalue weighted by molar-refractivity contribution is -0.181. The first-order valence-corrected chi connectivity index (χ1v) is 13.2. The van der Waals surface area contributed by atoms with Gasteiger partial charge in [-0.3, -0.25) is 14.5 Å². The van der Waals surface area contributed by atoms with Gasteiger partial charge in [0, 0.05) is 18.3 Å². The molecule has 0 saturated carbocycles. The van der Waals surface area contributed by atoms with Crippen LogP contribution in [0.1, 0.15) is 63.6 Å². The average Bonchev–Trinajstić information content (AvgIpc) is 3.02. The molecule has 3 aromatic carbocycles. The first-order chi connectivity index (χ1) is 18.5. The first kappa shape index (κ1) is 27.7. The molecule has 1 saturated heterocycles. The summed E-state index contributed by atoms with van der Waals surface area (Å²) < 4.78 is 0. The third-order valence-electron chi connectivity index (χ3n) is 7.12. The van der Waals surface area contributed by atoms with Crippen LogP contribution in [0.5, 0.6) is 0 Å². The fourth-order valence-corrected chi connectivity index (χ4v) is 5.63. The van der Waals surface area contributed by atoms with Crippen LogP contribution in [0.3, 0.4) is 0 Å². The Hall–Kier alpha value is -4.33. The molecule has 1 heterocycles. The van der Waals surface area contributed by atoms with Gasteiger partial charge in [-0.1, -0.05) is 66.7 Å². The fraction of sp³-hybridized carbons (Fsp3) is 0.323. The highest BCUT2D eigenvalue weighted by molar-refractivity contribution is 6.00. The number of rotatable bonds is 5. The number of amides is 4. The number of carbonyl (C=O) groups excluding carboxylic acids is 3. The Morgan fingerprint density at radius 2 is 1.46 bits per heavy atom. The topological polar surface area (TPSA) is 113 Å². The van der Waals surface area contributed by atoms with Crippen molar-refractivity contribution in [3.05, 3.63) is 96.1 Å². The van der Waals surface area contributed by atoms with Crippen molar-refractivity contribution in [3.8, 4) is 0 Å². The molecule has 4 rings (SSSR count). The fourth-order valence-electron chi connectivity index (χ4n) is 5.63. The number of hydrogen-bond acceptors (Lipinski definition) is 4. The second-order valence-corrected chi connectivity index (χ2v) is 11.0. The molecule has 0 spiro atoms. The van der Waals surface area contributed by atoms with Gasteiger partial charge < -0.3 is 11.5 Å². The molecule has 204 valence electrons. The monoisotopic (exact) mass is 527 g/mol. The molecule has 3 aromatic rings. The first-order valence-electron chi connectivity index (χ1n) is 13.2. The van der Waals surface area contributed by atoms with Crippen molar-refractivity contribution in [1.82, 2.24) is 10.0 Å². The molecule has 0 bridgehead atoms. The highest BCUT2D eigenvalue weighted by atomic mass is 16.2. The predicted molar refractivity (Wildman–Crippen MR) is 153 cm³/mol. The number of carbonyl (C=O) groups is 3. The number of nitrogen functional groups attached to an aromatic ring is 1. The minimum absolute atomic E-state index is 0.118. The number of urea groups is 1. The van der Waals surface area contributed by atoms with E-state index >= 15 is 0 Å². The van der Waals surface area contributed by atoms with E-state index < -0.39 is 23.7 Å². The van der Waals surface area contributed by atoms with E-state index in [0.717, 1.165) is 11.1 Å². The van der Waals surface area contributed by atoms with Gasteiger partial charge in [0.2, 0.25) is 5.91 Å². The molecule has 8 nitrogen and oxygen atoms in total. The Labute approximate surface area is 230 Å². The molecule has 3 unspecified atom stereocenters. The van der Waals surface area contributed by atoms with Gasteiger partial charge >= 0.3 is 6.03 Å². The summed E-state index contributed by atoms with van der Waals surface area (Å²) in [4.78, 5) is 42.3. The predicted octanol–water partition coefficient (Wildman–Crippen LogP) is 5.23. The summed E-state index contributed by atoms with van der Waals surface area (Å²) in [5.74, 6) is -0.774. The smallest absolute Gasteiger partial charge is 0.320 e. The van der Waals surface area contributed by atoms with E-state index in [9.17, 15) is 14.4 Å². The maximum absolute atomic E-state index is 14.8. The summed E-state index contributed by atoms with van der Waals surface area (Å²) in [5.41, 5.74) is 14.1. The number of anilines is 2. The molecule has 0 aliphatic carbocycles. The SMILES string of the molecule is CC(=O)N(N1C(=O)C(N(C(N)=O)c2cccc(N)c2)CC(c2ccccc2)CC1c1ccccc1)C(C)(C)C. The van der Waals surface area contributed by atoms with Gasteiger partial charge in [-0.25, -0.2) is 14.8 Å². The number of nitrogens with two attached hydrogens (primary N) is 2. The van der Waals surface area contributed by atoms with Crippen LogP contribution in [0.4, 0.5) is 16.2 Å². The Bertz CT molecular complexity index is 1320. The van der Waals surface area contributed by atoms with Crippen molar-refractivity contribution >= 4 is 29.2 Å². The highest BCUT2D eigenvalue weighted by Gasteiger charge is 2.47. The van der Waals surface area contributed by atoms with E-state index in [1.165, 1.54) is 16.8 Å². The second-order valence-electron chi connectivity index (χ2n) is 11.0. The van der Waals surface area contributed by atoms with E-state index in [1.807, 2.05) is 81.4 Å². The normalized spacial score (nSPS) is 19.7. The third-order valence-corrected chi connectivity index (χ3v) is 7.12. The maximum atomic E-state index is 14.8. The van der Waals surface area contributed by atoms with Gasteiger partial charge in [-0.15, -0.1) is 0 Å². The van der Waals surface area contributed by atoms with Crippen molar-refractivity contribution in [1.29, 1.82) is 0 Å². The van der Waals surface area contributed by atoms with Crippen LogP contribution >= 0.6 is 0 Å². The van der Waals surface area contributed by atoms with Crippen LogP contribution in [0.25, 0.3) is 0 Å². The molecule has 1 fully saturated rings. The summed E-state index contributed by atoms with van der Waals surface area (Å²) in [6.07, 6.45) is 0.857. The molecule has 3 atom stereocenters. The van der Waals surface area contributed by atoms with Crippen LogP contribution in [-0.2, 0) is 9.59 Å². The summed E-state index contributed by atoms with van der Waals surface area (Å²) in [5, 5.41) is 3.08. The van der Waals surface area contributed by atoms with E-state index in [4.69, 9.17) is 11.5 Å². The molecule has 0 radical (unpaired) electrons. The van der Waals surface area contributed by atoms with Crippen LogP contribution in [0.2, 0.25) is 0 Å². The Morgan fingerprint density at radius 3 is 1.97 bits per heavy atom. The van der Waals surface area contributed by atoms with Crippen molar-refractivity contribution < 1.29 is 14.4 Å². The Balaban J connectivity index is 1.97. The summed E-state index contributed by atoms with van der Waals surface area (Å²) in [6.45, 7) is 7.13. The number of primary amides is 1. The van der Waals surface area contributed by atoms with Crippen molar-refractivity contribution in [3.63, 3.8) is 0 Å². The maximum Gasteiger partial charge on any atom is 0.320 e. The molecule has 4 N–H and O–H groups in total. The third kappa shape index (κ3) is 5.90. The van der Waals surface area contributed by atoms with E-state index in [-0.39, 0.29) is 17.7 Å². The summed E-state index contributed by atoms with van der Waals surface area (Å²) in [6, 6.07) is 24.2. The lowest BCUT2D eigenvalue weighted by Gasteiger charge is -2.47. The second kappa shape index (κ2) is 11.2. The Kier molecular flexibility index (Phi) is 7.95. The van der Waals surface area contributed by atoms with Gasteiger partial charge in [-0.05, 0) is 68.9 Å². The van der Waals surface area contributed by atoms with Crippen molar-refractivity contribution in [2.75, 3.05) is 10.6 Å². The Morgan fingerprint density at radius 1 is 0.872 bits per heavy atom. The van der Waals surface area contributed by atoms with Gasteiger partial charge in [0.05, 0.1) is 11.6 Å². The zero-order chi connectivity index (χ0) is 28.3. The van der Waals surface area contributed by atoms with E-state index in [0.29, 0.717) is 24.2 Å². The highest BCUT2D eigenvalue weighted by Crippen LogP contribution is 2.43. The molecule has 8 heteroatoms. The van der Waals surface area contributed by atoms with Gasteiger partial charge in [-0.2, -0.15) is 0 Å². The lowest BCUT2D eigenvalue weighted by Crippen LogP contribution is -2.62. The minimum atomic E-state index is -0.979. The number of hydrazine groups is 1. The van der Waals surface area contributed by atoms with Crippen LogP contribution in [-0.4, -0.2) is 39.4 Å². The standard InChI is InChI=1S/C31H37N5O3/c1-21(37)36(31(2,3)4)35-27(23-14-9-6-10-15-23)18-24(22-12-7-5-8-13-22)19-28(29(35)38)34(30(33)39)26-17-11-16-25(32)20-26/h5-17,20,24,27-28H,18-19,32H2,1-4H3,(H2,33,39). The number of hydrogen-bond donors (Lipinski definition) is 2. The zero-order valence-corrected chi connectivity index (χ0v) is 23.0. The molecule has 39 heavy (non-hydrogen) atoms. The lowest BCUT2D eigenvalue weighted by atomic mass is 9.86. The van der Waals surface area contributed by atoms with Crippen LogP contribution < -0.4 is 16.4 Å². The number of nitrogens with zero attached hydrogens (tertiary/aromatic N) is 3. The minimum Gasteiger partial charge on any atom is -0.399 e. The largest absolute Gasteiger partial charge is 0.399 e. The molecule has 0 aromatic heterocycles. The molecular formula is C31H37N5O3. The number of benzene rings is 3. The summed E-state index contributed by atoms with van der Waals surface area (Å²) >= 11 is 0. The van der Waals surface area contributed by atoms with E-state index in [1.54, 1.807) is 29.3 Å². The van der Waals surface area contributed by atoms with Crippen LogP contribution in [0, 0.1) is 0 Å².